The summed E-state index contributed by atoms with van der Waals surface area (Å²) >= 11 is 0. The van der Waals surface area contributed by atoms with Crippen molar-refractivity contribution in [1.29, 1.82) is 0 Å². The van der Waals surface area contributed by atoms with Gasteiger partial charge in [0.2, 0.25) is 0 Å². The number of fused-ring (bicyclic) bond motifs is 1. The first-order chi connectivity index (χ1) is 21.6. The number of aliphatic hydroxyl groups is 1. The molecule has 0 spiro atoms. The van der Waals surface area contributed by atoms with E-state index < -0.39 is 6.09 Å². The Kier molecular flexibility index (Phi) is 9.52. The average Bonchev–Trinajstić information content (AvgIpc) is 3.73. The molecule has 2 aliphatic rings. The van der Waals surface area contributed by atoms with Crippen LogP contribution in [0.3, 0.4) is 0 Å². The molecule has 232 valence electrons. The summed E-state index contributed by atoms with van der Waals surface area (Å²) in [5.41, 5.74) is 3.23. The minimum Gasteiger partial charge on any atom is -0.491 e. The van der Waals surface area contributed by atoms with Gasteiger partial charge in [-0.05, 0) is 62.8 Å². The molecule has 0 aliphatic carbocycles. The predicted molar refractivity (Wildman–Crippen MR) is 166 cm³/mol. The number of rotatable bonds is 11. The lowest BCUT2D eigenvalue weighted by atomic mass is 10.1. The van der Waals surface area contributed by atoms with E-state index in [4.69, 9.17) is 19.3 Å². The molecule has 1 amide bonds. The van der Waals surface area contributed by atoms with Crippen LogP contribution < -0.4 is 15.0 Å². The molecule has 2 unspecified atom stereocenters. The molecule has 2 saturated heterocycles. The van der Waals surface area contributed by atoms with Crippen molar-refractivity contribution in [2.75, 3.05) is 31.1 Å². The van der Waals surface area contributed by atoms with Crippen LogP contribution in [0.5, 0.6) is 5.75 Å². The number of hydrogen-bond acceptors (Lipinski definition) is 9. The van der Waals surface area contributed by atoms with Crippen molar-refractivity contribution >= 4 is 22.8 Å². The highest BCUT2D eigenvalue weighted by atomic mass is 16.5. The zero-order valence-electron chi connectivity index (χ0n) is 25.2. The number of anilines is 1. The number of alkyl carbamates (subject to hydrolysis) is 1. The van der Waals surface area contributed by atoms with Crippen LogP contribution in [-0.2, 0) is 22.7 Å². The number of amides is 1. The number of ether oxygens (including phenoxy) is 3. The van der Waals surface area contributed by atoms with Gasteiger partial charge in [0.05, 0.1) is 17.3 Å². The summed E-state index contributed by atoms with van der Waals surface area (Å²) in [6.45, 7) is 4.94. The van der Waals surface area contributed by atoms with Crippen molar-refractivity contribution in [3.8, 4) is 17.1 Å². The zero-order chi connectivity index (χ0) is 30.3. The average molecular weight is 601 g/mol. The molecule has 2 N–H and O–H groups in total. The lowest BCUT2D eigenvalue weighted by molar-refractivity contribution is -0.0365. The van der Waals surface area contributed by atoms with E-state index in [1.165, 1.54) is 0 Å². The second-order valence-corrected chi connectivity index (χ2v) is 11.4. The van der Waals surface area contributed by atoms with Gasteiger partial charge in [0.25, 0.3) is 0 Å². The number of aliphatic hydroxyl groups excluding tert-OH is 1. The molecule has 0 saturated carbocycles. The maximum Gasteiger partial charge on any atom is 0.407 e. The van der Waals surface area contributed by atoms with E-state index in [1.807, 2.05) is 66.2 Å². The minimum absolute atomic E-state index is 0.157. The first-order valence-electron chi connectivity index (χ1n) is 15.6. The van der Waals surface area contributed by atoms with Gasteiger partial charge in [0.1, 0.15) is 30.5 Å². The monoisotopic (exact) mass is 600 g/mol. The van der Waals surface area contributed by atoms with Crippen LogP contribution in [-0.4, -0.2) is 63.3 Å². The number of nitrogens with zero attached hydrogens (tertiary/aromatic N) is 5. The van der Waals surface area contributed by atoms with Crippen molar-refractivity contribution in [3.05, 3.63) is 66.0 Å². The normalized spacial score (nSPS) is 17.5. The molecule has 11 nitrogen and oxygen atoms in total. The Morgan fingerprint density at radius 3 is 2.70 bits per heavy atom. The summed E-state index contributed by atoms with van der Waals surface area (Å²) in [6, 6.07) is 17.5. The van der Waals surface area contributed by atoms with E-state index in [-0.39, 0.29) is 25.5 Å². The SMILES string of the molecule is CC(CCNC(=O)OCc1ccccc1)Oc1ccc2c(c1)c(-c1cc(N3CCCC3)nc(CO)n1)nn2C1CCCCO1. The van der Waals surface area contributed by atoms with Gasteiger partial charge in [-0.3, -0.25) is 0 Å². The highest BCUT2D eigenvalue weighted by molar-refractivity contribution is 5.94. The molecule has 2 aromatic heterocycles. The van der Waals surface area contributed by atoms with Crippen LogP contribution in [0.25, 0.3) is 22.3 Å². The largest absolute Gasteiger partial charge is 0.491 e. The number of carbonyl (C=O) groups excluding carboxylic acids is 1. The van der Waals surface area contributed by atoms with E-state index in [0.717, 1.165) is 67.5 Å². The fourth-order valence-electron chi connectivity index (χ4n) is 5.74. The molecule has 2 atom stereocenters. The number of nitrogens with one attached hydrogen (secondary N) is 1. The van der Waals surface area contributed by atoms with Gasteiger partial charge < -0.3 is 29.5 Å². The Morgan fingerprint density at radius 2 is 1.93 bits per heavy atom. The van der Waals surface area contributed by atoms with Crippen molar-refractivity contribution in [2.45, 2.75) is 71.0 Å². The fraction of sp³-hybridized carbons (Fsp3) is 0.455. The Balaban J connectivity index is 1.19. The summed E-state index contributed by atoms with van der Waals surface area (Å²) < 4.78 is 19.7. The molecule has 2 fully saturated rings. The van der Waals surface area contributed by atoms with Crippen LogP contribution in [0, 0.1) is 0 Å². The number of benzene rings is 2. The van der Waals surface area contributed by atoms with Crippen molar-refractivity contribution in [2.24, 2.45) is 0 Å². The van der Waals surface area contributed by atoms with Gasteiger partial charge in [-0.1, -0.05) is 30.3 Å². The highest BCUT2D eigenvalue weighted by Crippen LogP contribution is 2.35. The molecule has 11 heteroatoms. The van der Waals surface area contributed by atoms with Crippen LogP contribution in [0.2, 0.25) is 0 Å². The van der Waals surface area contributed by atoms with E-state index >= 15 is 0 Å². The molecule has 6 rings (SSSR count). The van der Waals surface area contributed by atoms with Gasteiger partial charge in [-0.15, -0.1) is 0 Å². The lowest BCUT2D eigenvalue weighted by Crippen LogP contribution is -2.28. The third-order valence-electron chi connectivity index (χ3n) is 8.05. The maximum atomic E-state index is 12.1. The van der Waals surface area contributed by atoms with Gasteiger partial charge in [0.15, 0.2) is 12.1 Å². The standard InChI is InChI=1S/C33H40N6O5/c1-23(14-15-34-33(41)43-22-24-9-3-2-4-10-24)44-25-12-13-28-26(19-25)32(37-39(28)31-11-5-8-18-42-31)27-20-30(36-29(21-40)35-27)38-16-6-7-17-38/h2-4,9-10,12-13,19-20,23,31,40H,5-8,11,14-18,21-22H2,1H3,(H,34,41). The molecule has 0 bridgehead atoms. The molecule has 4 aromatic rings. The number of hydrogen-bond donors (Lipinski definition) is 2. The first-order valence-corrected chi connectivity index (χ1v) is 15.6. The van der Waals surface area contributed by atoms with Crippen molar-refractivity contribution in [1.82, 2.24) is 25.1 Å². The molecular weight excluding hydrogens is 560 g/mol. The second-order valence-electron chi connectivity index (χ2n) is 11.4. The van der Waals surface area contributed by atoms with E-state index in [2.05, 4.69) is 20.2 Å². The Labute approximate surface area is 257 Å². The number of carbonyl (C=O) groups is 1. The van der Waals surface area contributed by atoms with Gasteiger partial charge in [-0.2, -0.15) is 5.10 Å². The highest BCUT2D eigenvalue weighted by Gasteiger charge is 2.24. The van der Waals surface area contributed by atoms with Crippen molar-refractivity contribution in [3.63, 3.8) is 0 Å². The number of aromatic nitrogens is 4. The second kappa shape index (κ2) is 14.0. The Hall–Kier alpha value is -4.22. The minimum atomic E-state index is -0.454. The summed E-state index contributed by atoms with van der Waals surface area (Å²) in [6.07, 6.45) is 5.08. The third-order valence-corrected chi connectivity index (χ3v) is 8.05. The van der Waals surface area contributed by atoms with Gasteiger partial charge >= 0.3 is 6.09 Å². The molecule has 0 radical (unpaired) electrons. The van der Waals surface area contributed by atoms with Crippen LogP contribution in [0.4, 0.5) is 10.6 Å². The molecule has 2 aromatic carbocycles. The molecule has 2 aliphatic heterocycles. The third kappa shape index (κ3) is 7.11. The zero-order valence-corrected chi connectivity index (χ0v) is 25.2. The molecular formula is C33H40N6O5. The Morgan fingerprint density at radius 1 is 1.09 bits per heavy atom. The first kappa shape index (κ1) is 29.8. The molecule has 44 heavy (non-hydrogen) atoms. The summed E-state index contributed by atoms with van der Waals surface area (Å²) in [4.78, 5) is 23.7. The summed E-state index contributed by atoms with van der Waals surface area (Å²) in [7, 11) is 0. The van der Waals surface area contributed by atoms with Crippen LogP contribution in [0.1, 0.15) is 63.1 Å². The summed E-state index contributed by atoms with van der Waals surface area (Å²) in [5, 5.41) is 18.7. The summed E-state index contributed by atoms with van der Waals surface area (Å²) in [5.74, 6) is 1.87. The topological polar surface area (TPSA) is 124 Å². The maximum absolute atomic E-state index is 12.1. The quantitative estimate of drug-likeness (QED) is 0.234. The van der Waals surface area contributed by atoms with E-state index in [0.29, 0.717) is 42.5 Å². The Bertz CT molecular complexity index is 1550. The van der Waals surface area contributed by atoms with E-state index in [9.17, 15) is 9.90 Å². The van der Waals surface area contributed by atoms with E-state index in [1.54, 1.807) is 0 Å². The fourth-order valence-corrected chi connectivity index (χ4v) is 5.74. The predicted octanol–water partition coefficient (Wildman–Crippen LogP) is 5.37. The van der Waals surface area contributed by atoms with Crippen LogP contribution in [0.15, 0.2) is 54.6 Å². The van der Waals surface area contributed by atoms with Crippen LogP contribution >= 0.6 is 0 Å². The smallest absolute Gasteiger partial charge is 0.407 e. The molecule has 4 heterocycles. The lowest BCUT2D eigenvalue weighted by Gasteiger charge is -2.23. The van der Waals surface area contributed by atoms with Gasteiger partial charge in [0, 0.05) is 44.1 Å². The van der Waals surface area contributed by atoms with Gasteiger partial charge in [-0.25, -0.2) is 19.4 Å². The van der Waals surface area contributed by atoms with Crippen molar-refractivity contribution < 1.29 is 24.1 Å².